The number of rotatable bonds is 3. The van der Waals surface area contributed by atoms with Crippen molar-refractivity contribution in [3.63, 3.8) is 0 Å². The molecule has 0 amide bonds. The highest BCUT2D eigenvalue weighted by atomic mass is 16.5. The minimum absolute atomic E-state index is 0.0556. The highest BCUT2D eigenvalue weighted by Crippen LogP contribution is 2.05. The first-order chi connectivity index (χ1) is 3.72. The maximum absolute atomic E-state index is 8.50. The summed E-state index contributed by atoms with van der Waals surface area (Å²) >= 11 is 0. The van der Waals surface area contributed by atoms with E-state index in [0.717, 1.165) is 0 Å². The molecule has 0 saturated heterocycles. The van der Waals surface area contributed by atoms with Crippen LogP contribution in [-0.2, 0) is 4.74 Å². The third-order valence-corrected chi connectivity index (χ3v) is 1.09. The van der Waals surface area contributed by atoms with Crippen LogP contribution in [0.15, 0.2) is 12.3 Å². The first-order valence-corrected chi connectivity index (χ1v) is 2.56. The summed E-state index contributed by atoms with van der Waals surface area (Å²) in [6, 6.07) is 0. The van der Waals surface area contributed by atoms with Gasteiger partial charge in [-0.05, 0) is 0 Å². The summed E-state index contributed by atoms with van der Waals surface area (Å²) in [5, 5.41) is 8.50. The van der Waals surface area contributed by atoms with Crippen LogP contribution in [0, 0.1) is 5.92 Å². The van der Waals surface area contributed by atoms with Crippen LogP contribution < -0.4 is 0 Å². The zero-order valence-electron chi connectivity index (χ0n) is 5.35. The van der Waals surface area contributed by atoms with Crippen molar-refractivity contribution in [2.24, 2.45) is 5.92 Å². The highest BCUT2D eigenvalue weighted by Gasteiger charge is 2.02. The van der Waals surface area contributed by atoms with E-state index in [1.807, 2.05) is 6.92 Å². The molecule has 0 aliphatic rings. The third kappa shape index (κ3) is 1.98. The topological polar surface area (TPSA) is 29.5 Å². The van der Waals surface area contributed by atoms with E-state index in [1.165, 1.54) is 0 Å². The standard InChI is InChI=1S/C6H12O2/c1-5(4-7)6(2)8-3/h5,7H,2,4H2,1,3H3. The molecule has 48 valence electrons. The van der Waals surface area contributed by atoms with Crippen molar-refractivity contribution in [2.75, 3.05) is 13.7 Å². The lowest BCUT2D eigenvalue weighted by Crippen LogP contribution is -2.04. The molecule has 1 unspecified atom stereocenters. The summed E-state index contributed by atoms with van der Waals surface area (Å²) in [7, 11) is 1.55. The molecule has 1 N–H and O–H groups in total. The predicted octanol–water partition coefficient (Wildman–Crippen LogP) is 0.775. The van der Waals surface area contributed by atoms with Crippen LogP contribution in [0.25, 0.3) is 0 Å². The summed E-state index contributed by atoms with van der Waals surface area (Å²) in [6.07, 6.45) is 0. The molecule has 2 nitrogen and oxygen atoms in total. The van der Waals surface area contributed by atoms with Gasteiger partial charge >= 0.3 is 0 Å². The molecule has 0 aliphatic carbocycles. The molecule has 2 heteroatoms. The van der Waals surface area contributed by atoms with Gasteiger partial charge in [-0.1, -0.05) is 13.5 Å². The molecule has 0 aliphatic heterocycles. The average Bonchev–Trinajstić information content (AvgIpc) is 1.84. The zero-order valence-corrected chi connectivity index (χ0v) is 5.35. The quantitative estimate of drug-likeness (QED) is 0.552. The first-order valence-electron chi connectivity index (χ1n) is 2.56. The maximum atomic E-state index is 8.50. The summed E-state index contributed by atoms with van der Waals surface area (Å²) in [4.78, 5) is 0. The second-order valence-electron chi connectivity index (χ2n) is 1.75. The highest BCUT2D eigenvalue weighted by molar-refractivity contribution is 4.87. The number of methoxy groups -OCH3 is 1. The van der Waals surface area contributed by atoms with Crippen LogP contribution >= 0.6 is 0 Å². The van der Waals surface area contributed by atoms with E-state index in [1.54, 1.807) is 7.11 Å². The molecule has 1 atom stereocenters. The molecule has 0 rings (SSSR count). The Hall–Kier alpha value is -0.500. The lowest BCUT2D eigenvalue weighted by Gasteiger charge is -2.08. The van der Waals surface area contributed by atoms with Crippen LogP contribution in [0.1, 0.15) is 6.92 Å². The molecule has 0 aromatic heterocycles. The van der Waals surface area contributed by atoms with Crippen LogP contribution in [0.2, 0.25) is 0 Å². The largest absolute Gasteiger partial charge is 0.501 e. The van der Waals surface area contributed by atoms with E-state index in [4.69, 9.17) is 9.84 Å². The molecule has 0 heterocycles. The van der Waals surface area contributed by atoms with Crippen LogP contribution in [0.5, 0.6) is 0 Å². The Balaban J connectivity index is 3.46. The second kappa shape index (κ2) is 3.50. The Bertz CT molecular complexity index is 78.6. The zero-order chi connectivity index (χ0) is 6.57. The van der Waals surface area contributed by atoms with Crippen molar-refractivity contribution in [1.82, 2.24) is 0 Å². The minimum atomic E-state index is 0.0556. The first kappa shape index (κ1) is 7.50. The summed E-state index contributed by atoms with van der Waals surface area (Å²) in [5.41, 5.74) is 0. The summed E-state index contributed by atoms with van der Waals surface area (Å²) in [5.74, 6) is 0.687. The van der Waals surface area contributed by atoms with Gasteiger partial charge in [-0.2, -0.15) is 0 Å². The Morgan fingerprint density at radius 1 is 1.88 bits per heavy atom. The van der Waals surface area contributed by atoms with Gasteiger partial charge in [0, 0.05) is 5.92 Å². The summed E-state index contributed by atoms with van der Waals surface area (Å²) in [6.45, 7) is 5.52. The number of hydrogen-bond acceptors (Lipinski definition) is 2. The smallest absolute Gasteiger partial charge is 0.0934 e. The molecule has 0 aromatic carbocycles. The number of aliphatic hydroxyl groups is 1. The second-order valence-corrected chi connectivity index (χ2v) is 1.75. The molecule has 0 saturated carbocycles. The van der Waals surface area contributed by atoms with Crippen molar-refractivity contribution >= 4 is 0 Å². The van der Waals surface area contributed by atoms with Crippen molar-refractivity contribution in [3.05, 3.63) is 12.3 Å². The van der Waals surface area contributed by atoms with Gasteiger partial charge in [-0.25, -0.2) is 0 Å². The van der Waals surface area contributed by atoms with Gasteiger partial charge in [0.05, 0.1) is 19.5 Å². The normalized spacial score (nSPS) is 12.9. The van der Waals surface area contributed by atoms with Gasteiger partial charge < -0.3 is 9.84 Å². The van der Waals surface area contributed by atoms with Crippen LogP contribution in [0.3, 0.4) is 0 Å². The Morgan fingerprint density at radius 2 is 2.38 bits per heavy atom. The molecule has 0 fully saturated rings. The Morgan fingerprint density at radius 3 is 2.50 bits per heavy atom. The molecule has 0 spiro atoms. The fourth-order valence-corrected chi connectivity index (χ4v) is 0.303. The van der Waals surface area contributed by atoms with Gasteiger partial charge in [-0.15, -0.1) is 0 Å². The van der Waals surface area contributed by atoms with Crippen LogP contribution in [-0.4, -0.2) is 18.8 Å². The Labute approximate surface area is 49.8 Å². The van der Waals surface area contributed by atoms with E-state index in [9.17, 15) is 0 Å². The molecular weight excluding hydrogens is 104 g/mol. The van der Waals surface area contributed by atoms with E-state index in [-0.39, 0.29) is 12.5 Å². The third-order valence-electron chi connectivity index (χ3n) is 1.09. The van der Waals surface area contributed by atoms with Crippen molar-refractivity contribution in [2.45, 2.75) is 6.92 Å². The van der Waals surface area contributed by atoms with E-state index in [2.05, 4.69) is 6.58 Å². The predicted molar refractivity (Wildman–Crippen MR) is 32.4 cm³/mol. The monoisotopic (exact) mass is 116 g/mol. The maximum Gasteiger partial charge on any atom is 0.0934 e. The van der Waals surface area contributed by atoms with Gasteiger partial charge in [0.1, 0.15) is 0 Å². The van der Waals surface area contributed by atoms with E-state index >= 15 is 0 Å². The van der Waals surface area contributed by atoms with E-state index in [0.29, 0.717) is 5.76 Å². The number of aliphatic hydroxyl groups excluding tert-OH is 1. The molecule has 0 radical (unpaired) electrons. The molecule has 8 heavy (non-hydrogen) atoms. The van der Waals surface area contributed by atoms with Gasteiger partial charge in [0.25, 0.3) is 0 Å². The van der Waals surface area contributed by atoms with E-state index < -0.39 is 0 Å². The van der Waals surface area contributed by atoms with Crippen molar-refractivity contribution in [1.29, 1.82) is 0 Å². The molecule has 0 bridgehead atoms. The van der Waals surface area contributed by atoms with Crippen LogP contribution in [0.4, 0.5) is 0 Å². The SMILES string of the molecule is C=C(OC)C(C)CO. The van der Waals surface area contributed by atoms with Crippen molar-refractivity contribution < 1.29 is 9.84 Å². The Kier molecular flexibility index (Phi) is 3.28. The number of hydrogen-bond donors (Lipinski definition) is 1. The lowest BCUT2D eigenvalue weighted by molar-refractivity contribution is 0.186. The molecule has 0 aromatic rings. The number of ether oxygens (including phenoxy) is 1. The fourth-order valence-electron chi connectivity index (χ4n) is 0.303. The summed E-state index contributed by atoms with van der Waals surface area (Å²) < 4.78 is 4.75. The van der Waals surface area contributed by atoms with Gasteiger partial charge in [0.15, 0.2) is 0 Å². The fraction of sp³-hybridized carbons (Fsp3) is 0.667. The molecular formula is C6H12O2. The van der Waals surface area contributed by atoms with Crippen molar-refractivity contribution in [3.8, 4) is 0 Å². The van der Waals surface area contributed by atoms with Gasteiger partial charge in [0.2, 0.25) is 0 Å². The lowest BCUT2D eigenvalue weighted by atomic mass is 10.2. The average molecular weight is 116 g/mol. The van der Waals surface area contributed by atoms with Gasteiger partial charge in [-0.3, -0.25) is 0 Å². The minimum Gasteiger partial charge on any atom is -0.501 e.